The van der Waals surface area contributed by atoms with Crippen molar-refractivity contribution in [2.75, 3.05) is 0 Å². The van der Waals surface area contributed by atoms with Crippen LogP contribution in [0.1, 0.15) is 0 Å². The summed E-state index contributed by atoms with van der Waals surface area (Å²) in [6.07, 6.45) is 0. The molecule has 0 unspecified atom stereocenters. The van der Waals surface area contributed by atoms with E-state index in [1.807, 2.05) is 60.7 Å². The summed E-state index contributed by atoms with van der Waals surface area (Å²) in [7, 11) is 0. The van der Waals surface area contributed by atoms with Gasteiger partial charge in [0.25, 0.3) is 0 Å². The zero-order chi connectivity index (χ0) is 34.2. The topological polar surface area (TPSA) is 56.7 Å². The monoisotopic (exact) mass is 664 g/mol. The second-order valence-corrected chi connectivity index (χ2v) is 13.3. The van der Waals surface area contributed by atoms with Crippen LogP contribution < -0.4 is 0 Å². The van der Waals surface area contributed by atoms with Crippen LogP contribution in [0, 0.1) is 0 Å². The van der Waals surface area contributed by atoms with Crippen LogP contribution >= 0.6 is 0 Å². The predicted molar refractivity (Wildman–Crippen MR) is 213 cm³/mol. The van der Waals surface area contributed by atoms with E-state index in [1.54, 1.807) is 0 Å². The summed E-state index contributed by atoms with van der Waals surface area (Å²) in [5.74, 6) is 1.92. The van der Waals surface area contributed by atoms with E-state index in [0.29, 0.717) is 17.5 Å². The number of furan rings is 1. The molecule has 0 atom stereocenters. The van der Waals surface area contributed by atoms with Gasteiger partial charge in [0.15, 0.2) is 17.5 Å². The average Bonchev–Trinajstić information content (AvgIpc) is 3.75. The molecule has 5 nitrogen and oxygen atoms in total. The van der Waals surface area contributed by atoms with E-state index < -0.39 is 0 Å². The Labute approximate surface area is 298 Å². The molecule has 52 heavy (non-hydrogen) atoms. The Kier molecular flexibility index (Phi) is 6.18. The van der Waals surface area contributed by atoms with Gasteiger partial charge in [-0.05, 0) is 70.1 Å². The van der Waals surface area contributed by atoms with Crippen molar-refractivity contribution in [3.63, 3.8) is 0 Å². The second kappa shape index (κ2) is 11.2. The minimum Gasteiger partial charge on any atom is -0.456 e. The lowest BCUT2D eigenvalue weighted by Crippen LogP contribution is -2.00. The van der Waals surface area contributed by atoms with Gasteiger partial charge in [0.1, 0.15) is 11.2 Å². The fourth-order valence-corrected chi connectivity index (χ4v) is 7.74. The molecule has 11 aromatic rings. The Morgan fingerprint density at radius 2 is 1.00 bits per heavy atom. The maximum absolute atomic E-state index is 6.47. The maximum Gasteiger partial charge on any atom is 0.164 e. The van der Waals surface area contributed by atoms with Gasteiger partial charge in [-0.15, -0.1) is 0 Å². The van der Waals surface area contributed by atoms with Gasteiger partial charge < -0.3 is 8.98 Å². The second-order valence-electron chi connectivity index (χ2n) is 13.3. The molecule has 0 aliphatic rings. The first-order valence-electron chi connectivity index (χ1n) is 17.4. The predicted octanol–water partition coefficient (Wildman–Crippen LogP) is 12.2. The first-order chi connectivity index (χ1) is 25.7. The Bertz CT molecular complexity index is 3120. The lowest BCUT2D eigenvalue weighted by molar-refractivity contribution is 0.669. The molecule has 3 heterocycles. The summed E-state index contributed by atoms with van der Waals surface area (Å²) >= 11 is 0. The average molecular weight is 665 g/mol. The Hall–Kier alpha value is -7.11. The molecule has 11 rings (SSSR count). The fraction of sp³-hybridized carbons (Fsp3) is 0. The van der Waals surface area contributed by atoms with Crippen molar-refractivity contribution >= 4 is 65.3 Å². The third-order valence-electron chi connectivity index (χ3n) is 10.2. The molecule has 0 amide bonds. The van der Waals surface area contributed by atoms with Gasteiger partial charge in [-0.25, -0.2) is 15.0 Å². The first kappa shape index (κ1) is 28.7. The molecule has 8 aromatic carbocycles. The largest absolute Gasteiger partial charge is 0.456 e. The Balaban J connectivity index is 1.10. The highest BCUT2D eigenvalue weighted by Crippen LogP contribution is 2.40. The van der Waals surface area contributed by atoms with Gasteiger partial charge in [-0.3, -0.25) is 0 Å². The van der Waals surface area contributed by atoms with Crippen molar-refractivity contribution in [1.29, 1.82) is 0 Å². The minimum absolute atomic E-state index is 0.632. The van der Waals surface area contributed by atoms with Gasteiger partial charge in [-0.1, -0.05) is 121 Å². The summed E-state index contributed by atoms with van der Waals surface area (Å²) in [5.41, 5.74) is 8.00. The molecule has 0 fully saturated rings. The van der Waals surface area contributed by atoms with Crippen LogP contribution in [0.5, 0.6) is 0 Å². The lowest BCUT2D eigenvalue weighted by Gasteiger charge is -2.10. The Morgan fingerprint density at radius 1 is 0.365 bits per heavy atom. The molecule has 0 N–H and O–H groups in total. The number of hydrogen-bond acceptors (Lipinski definition) is 4. The molecule has 0 aliphatic carbocycles. The van der Waals surface area contributed by atoms with Crippen molar-refractivity contribution in [1.82, 2.24) is 19.5 Å². The third-order valence-corrected chi connectivity index (χ3v) is 10.2. The quantitative estimate of drug-likeness (QED) is 0.188. The van der Waals surface area contributed by atoms with Crippen LogP contribution in [0.2, 0.25) is 0 Å². The van der Waals surface area contributed by atoms with Crippen molar-refractivity contribution in [3.8, 4) is 39.9 Å². The van der Waals surface area contributed by atoms with Crippen LogP contribution in [-0.2, 0) is 0 Å². The maximum atomic E-state index is 6.47. The van der Waals surface area contributed by atoms with E-state index >= 15 is 0 Å². The molecule has 3 aromatic heterocycles. The zero-order valence-corrected chi connectivity index (χ0v) is 27.9. The van der Waals surface area contributed by atoms with Crippen LogP contribution in [0.3, 0.4) is 0 Å². The van der Waals surface area contributed by atoms with E-state index in [1.165, 1.54) is 32.6 Å². The highest BCUT2D eigenvalue weighted by Gasteiger charge is 2.18. The molecule has 0 bridgehead atoms. The lowest BCUT2D eigenvalue weighted by atomic mass is 10.0. The molecule has 242 valence electrons. The highest BCUT2D eigenvalue weighted by molar-refractivity contribution is 6.20. The van der Waals surface area contributed by atoms with Gasteiger partial charge in [0.2, 0.25) is 0 Å². The SMILES string of the molecule is c1ccc(-c2nc(-c3ccccc3)nc(-c3ccc4c(ccc5oc6ccc(-n7c8ccccc8c8cc9ccccc9cc87)cc6c54)c3)n2)cc1. The number of nitrogens with zero attached hydrogens (tertiary/aromatic N) is 4. The van der Waals surface area contributed by atoms with Crippen molar-refractivity contribution in [2.24, 2.45) is 0 Å². The molecule has 0 saturated heterocycles. The molecular formula is C47H28N4O. The molecule has 0 spiro atoms. The summed E-state index contributed by atoms with van der Waals surface area (Å²) in [5, 5.41) is 9.32. The summed E-state index contributed by atoms with van der Waals surface area (Å²) < 4.78 is 8.85. The summed E-state index contributed by atoms with van der Waals surface area (Å²) in [6, 6.07) is 59.3. The first-order valence-corrected chi connectivity index (χ1v) is 17.4. The molecule has 5 heteroatoms. The standard InChI is InChI=1S/C47H28N4O/c1-3-11-29(12-4-1)45-48-46(30-13-5-2-6-14-30)50-47(49-45)34-19-22-36-33(25-34)20-23-43-44(36)39-28-35(21-24-42(39)52-43)51-40-18-10-9-17-37(40)38-26-31-15-7-8-16-32(31)27-41(38)51/h1-28H. The zero-order valence-electron chi connectivity index (χ0n) is 27.9. The number of hydrogen-bond donors (Lipinski definition) is 0. The van der Waals surface area contributed by atoms with Crippen molar-refractivity contribution in [2.45, 2.75) is 0 Å². The van der Waals surface area contributed by atoms with Crippen LogP contribution in [0.15, 0.2) is 174 Å². The smallest absolute Gasteiger partial charge is 0.164 e. The van der Waals surface area contributed by atoms with E-state index in [9.17, 15) is 0 Å². The number of fused-ring (bicyclic) bond motifs is 9. The van der Waals surface area contributed by atoms with Crippen LogP contribution in [0.4, 0.5) is 0 Å². The van der Waals surface area contributed by atoms with Crippen molar-refractivity contribution in [3.05, 3.63) is 170 Å². The number of aromatic nitrogens is 4. The number of para-hydroxylation sites is 1. The van der Waals surface area contributed by atoms with Crippen molar-refractivity contribution < 1.29 is 4.42 Å². The van der Waals surface area contributed by atoms with E-state index in [0.717, 1.165) is 55.1 Å². The molecule has 0 radical (unpaired) electrons. The van der Waals surface area contributed by atoms with E-state index in [4.69, 9.17) is 19.4 Å². The number of benzene rings is 8. The van der Waals surface area contributed by atoms with Crippen LogP contribution in [-0.4, -0.2) is 19.5 Å². The summed E-state index contributed by atoms with van der Waals surface area (Å²) in [4.78, 5) is 14.8. The Morgan fingerprint density at radius 3 is 1.75 bits per heavy atom. The fourth-order valence-electron chi connectivity index (χ4n) is 7.74. The van der Waals surface area contributed by atoms with Gasteiger partial charge in [0.05, 0.1) is 11.0 Å². The van der Waals surface area contributed by atoms with Crippen LogP contribution in [0.25, 0.3) is 105 Å². The number of rotatable bonds is 4. The highest BCUT2D eigenvalue weighted by atomic mass is 16.3. The van der Waals surface area contributed by atoms with Gasteiger partial charge in [0, 0.05) is 43.9 Å². The van der Waals surface area contributed by atoms with E-state index in [-0.39, 0.29) is 0 Å². The van der Waals surface area contributed by atoms with Gasteiger partial charge in [-0.2, -0.15) is 0 Å². The van der Waals surface area contributed by atoms with E-state index in [2.05, 4.69) is 114 Å². The molecule has 0 saturated carbocycles. The molecule has 0 aliphatic heterocycles. The van der Waals surface area contributed by atoms with Gasteiger partial charge >= 0.3 is 0 Å². The minimum atomic E-state index is 0.632. The normalized spacial score (nSPS) is 11.8. The third kappa shape index (κ3) is 4.46. The molecular weight excluding hydrogens is 637 g/mol. The summed E-state index contributed by atoms with van der Waals surface area (Å²) in [6.45, 7) is 0.